The normalized spacial score (nSPS) is 19.3. The first-order chi connectivity index (χ1) is 8.58. The molecule has 1 N–H and O–H groups in total. The lowest BCUT2D eigenvalue weighted by Gasteiger charge is -2.34. The van der Waals surface area contributed by atoms with Crippen LogP contribution in [0, 0.1) is 11.8 Å². The van der Waals surface area contributed by atoms with E-state index in [0.717, 1.165) is 36.3 Å². The highest BCUT2D eigenvalue weighted by atomic mass is 16.3. The topological polar surface area (TPSA) is 36.4 Å². The summed E-state index contributed by atoms with van der Waals surface area (Å²) in [4.78, 5) is 6.77. The molecular formula is C15H24N2O. The second-order valence-electron chi connectivity index (χ2n) is 5.69. The second kappa shape index (κ2) is 5.70. The molecule has 2 rings (SSSR count). The van der Waals surface area contributed by atoms with Gasteiger partial charge in [-0.3, -0.25) is 0 Å². The molecule has 1 unspecified atom stereocenters. The Kier molecular flexibility index (Phi) is 4.23. The summed E-state index contributed by atoms with van der Waals surface area (Å²) in [5.41, 5.74) is 0.950. The molecule has 3 nitrogen and oxygen atoms in total. The minimum atomic E-state index is -0.417. The summed E-state index contributed by atoms with van der Waals surface area (Å²) in [6.45, 7) is 8.58. The standard InChI is InChI=1S/C15H24N2O/c1-11(2)13-5-8-17(9-6-13)15-10-14(12(3)18)4-7-16-15/h4,7,10-13,18H,5-6,8-9H2,1-3H3. The van der Waals surface area contributed by atoms with Crippen molar-refractivity contribution in [1.29, 1.82) is 0 Å². The van der Waals surface area contributed by atoms with Gasteiger partial charge in [0, 0.05) is 19.3 Å². The Balaban J connectivity index is 2.03. The lowest BCUT2D eigenvalue weighted by molar-refractivity contribution is 0.199. The highest BCUT2D eigenvalue weighted by Gasteiger charge is 2.22. The van der Waals surface area contributed by atoms with Crippen molar-refractivity contribution >= 4 is 5.82 Å². The molecular weight excluding hydrogens is 224 g/mol. The van der Waals surface area contributed by atoms with Crippen LogP contribution in [0.1, 0.15) is 45.3 Å². The average Bonchev–Trinajstić information content (AvgIpc) is 2.39. The Morgan fingerprint density at radius 1 is 1.28 bits per heavy atom. The molecule has 3 heteroatoms. The van der Waals surface area contributed by atoms with Gasteiger partial charge >= 0.3 is 0 Å². The van der Waals surface area contributed by atoms with Gasteiger partial charge in [0.25, 0.3) is 0 Å². The predicted molar refractivity (Wildman–Crippen MR) is 74.6 cm³/mol. The molecule has 0 aromatic carbocycles. The maximum atomic E-state index is 9.62. The first-order valence-electron chi connectivity index (χ1n) is 6.97. The molecule has 1 fully saturated rings. The average molecular weight is 248 g/mol. The van der Waals surface area contributed by atoms with E-state index >= 15 is 0 Å². The van der Waals surface area contributed by atoms with Gasteiger partial charge in [0.1, 0.15) is 5.82 Å². The van der Waals surface area contributed by atoms with E-state index in [1.165, 1.54) is 12.8 Å². The van der Waals surface area contributed by atoms with Gasteiger partial charge < -0.3 is 10.0 Å². The van der Waals surface area contributed by atoms with Crippen LogP contribution in [-0.4, -0.2) is 23.2 Å². The van der Waals surface area contributed by atoms with Crippen LogP contribution in [0.5, 0.6) is 0 Å². The van der Waals surface area contributed by atoms with Crippen molar-refractivity contribution in [2.24, 2.45) is 11.8 Å². The number of aromatic nitrogens is 1. The van der Waals surface area contributed by atoms with Crippen LogP contribution in [0.4, 0.5) is 5.82 Å². The maximum absolute atomic E-state index is 9.62. The maximum Gasteiger partial charge on any atom is 0.128 e. The van der Waals surface area contributed by atoms with Gasteiger partial charge in [-0.15, -0.1) is 0 Å². The van der Waals surface area contributed by atoms with Crippen LogP contribution in [0.25, 0.3) is 0 Å². The molecule has 1 saturated heterocycles. The molecule has 0 bridgehead atoms. The summed E-state index contributed by atoms with van der Waals surface area (Å²) in [6.07, 6.45) is 3.88. The molecule has 1 aliphatic rings. The molecule has 1 aromatic rings. The van der Waals surface area contributed by atoms with Crippen LogP contribution >= 0.6 is 0 Å². The van der Waals surface area contributed by atoms with E-state index in [-0.39, 0.29) is 0 Å². The van der Waals surface area contributed by atoms with Crippen molar-refractivity contribution in [1.82, 2.24) is 4.98 Å². The van der Waals surface area contributed by atoms with Crippen molar-refractivity contribution in [2.75, 3.05) is 18.0 Å². The monoisotopic (exact) mass is 248 g/mol. The van der Waals surface area contributed by atoms with Crippen LogP contribution in [0.15, 0.2) is 18.3 Å². The SMILES string of the molecule is CC(O)c1ccnc(N2CCC(C(C)C)CC2)c1. The summed E-state index contributed by atoms with van der Waals surface area (Å²) in [7, 11) is 0. The Hall–Kier alpha value is -1.09. The van der Waals surface area contributed by atoms with E-state index in [1.54, 1.807) is 13.1 Å². The van der Waals surface area contributed by atoms with Crippen molar-refractivity contribution in [3.63, 3.8) is 0 Å². The van der Waals surface area contributed by atoms with E-state index in [2.05, 4.69) is 23.7 Å². The van der Waals surface area contributed by atoms with E-state index in [4.69, 9.17) is 0 Å². The second-order valence-corrected chi connectivity index (χ2v) is 5.69. The molecule has 1 aliphatic heterocycles. The van der Waals surface area contributed by atoms with Crippen LogP contribution < -0.4 is 4.90 Å². The number of aliphatic hydroxyl groups excluding tert-OH is 1. The molecule has 100 valence electrons. The van der Waals surface area contributed by atoms with Crippen LogP contribution in [0.2, 0.25) is 0 Å². The van der Waals surface area contributed by atoms with Crippen molar-refractivity contribution in [2.45, 2.75) is 39.7 Å². The molecule has 18 heavy (non-hydrogen) atoms. The number of hydrogen-bond acceptors (Lipinski definition) is 3. The molecule has 1 atom stereocenters. The van der Waals surface area contributed by atoms with Gasteiger partial charge in [-0.2, -0.15) is 0 Å². The zero-order valence-corrected chi connectivity index (χ0v) is 11.6. The van der Waals surface area contributed by atoms with Crippen LogP contribution in [0.3, 0.4) is 0 Å². The zero-order chi connectivity index (χ0) is 13.1. The molecule has 1 aromatic heterocycles. The highest BCUT2D eigenvalue weighted by molar-refractivity contribution is 5.41. The zero-order valence-electron chi connectivity index (χ0n) is 11.6. The highest BCUT2D eigenvalue weighted by Crippen LogP contribution is 2.27. The van der Waals surface area contributed by atoms with E-state index < -0.39 is 6.10 Å². The molecule has 0 aliphatic carbocycles. The third-order valence-corrected chi connectivity index (χ3v) is 4.06. The largest absolute Gasteiger partial charge is 0.389 e. The third kappa shape index (κ3) is 3.02. The number of anilines is 1. The first kappa shape index (κ1) is 13.3. The van der Waals surface area contributed by atoms with Gasteiger partial charge in [-0.1, -0.05) is 13.8 Å². The Labute approximate surface area is 110 Å². The molecule has 0 radical (unpaired) electrons. The predicted octanol–water partition coefficient (Wildman–Crippen LogP) is 3.01. The summed E-state index contributed by atoms with van der Waals surface area (Å²) < 4.78 is 0. The van der Waals surface area contributed by atoms with Crippen molar-refractivity contribution in [3.8, 4) is 0 Å². The van der Waals surface area contributed by atoms with Crippen molar-refractivity contribution in [3.05, 3.63) is 23.9 Å². The minimum Gasteiger partial charge on any atom is -0.389 e. The van der Waals surface area contributed by atoms with E-state index in [1.807, 2.05) is 12.1 Å². The van der Waals surface area contributed by atoms with Gasteiger partial charge in [-0.05, 0) is 49.3 Å². The fourth-order valence-corrected chi connectivity index (χ4v) is 2.66. The Morgan fingerprint density at radius 2 is 1.94 bits per heavy atom. The molecule has 0 amide bonds. The number of piperidine rings is 1. The lowest BCUT2D eigenvalue weighted by Crippen LogP contribution is -2.35. The van der Waals surface area contributed by atoms with Crippen LogP contribution in [-0.2, 0) is 0 Å². The minimum absolute atomic E-state index is 0.417. The van der Waals surface area contributed by atoms with Gasteiger partial charge in [0.2, 0.25) is 0 Å². The number of nitrogens with zero attached hydrogens (tertiary/aromatic N) is 2. The fraction of sp³-hybridized carbons (Fsp3) is 0.667. The quantitative estimate of drug-likeness (QED) is 0.893. The Bertz CT molecular complexity index is 382. The number of rotatable bonds is 3. The third-order valence-electron chi connectivity index (χ3n) is 4.06. The van der Waals surface area contributed by atoms with Gasteiger partial charge in [0.05, 0.1) is 6.10 Å². The number of pyridine rings is 1. The number of aliphatic hydroxyl groups is 1. The molecule has 2 heterocycles. The summed E-state index contributed by atoms with van der Waals surface area (Å²) in [5, 5.41) is 9.62. The van der Waals surface area contributed by atoms with E-state index in [0.29, 0.717) is 0 Å². The van der Waals surface area contributed by atoms with Gasteiger partial charge in [-0.25, -0.2) is 4.98 Å². The van der Waals surface area contributed by atoms with Crippen molar-refractivity contribution < 1.29 is 5.11 Å². The number of hydrogen-bond donors (Lipinski definition) is 1. The van der Waals surface area contributed by atoms with E-state index in [9.17, 15) is 5.11 Å². The summed E-state index contributed by atoms with van der Waals surface area (Å²) >= 11 is 0. The summed E-state index contributed by atoms with van der Waals surface area (Å²) in [5.74, 6) is 2.64. The smallest absolute Gasteiger partial charge is 0.128 e. The lowest BCUT2D eigenvalue weighted by atomic mass is 9.87. The summed E-state index contributed by atoms with van der Waals surface area (Å²) in [6, 6.07) is 3.90. The fourth-order valence-electron chi connectivity index (χ4n) is 2.66. The van der Waals surface area contributed by atoms with Gasteiger partial charge in [0.15, 0.2) is 0 Å². The Morgan fingerprint density at radius 3 is 2.50 bits per heavy atom. The first-order valence-corrected chi connectivity index (χ1v) is 6.97. The molecule has 0 saturated carbocycles. The molecule has 0 spiro atoms.